The zero-order valence-electron chi connectivity index (χ0n) is 9.47. The second kappa shape index (κ2) is 4.73. The number of esters is 1. The molecule has 2 rings (SSSR count). The Morgan fingerprint density at radius 3 is 2.76 bits per heavy atom. The summed E-state index contributed by atoms with van der Waals surface area (Å²) in [7, 11) is 2.84. The Morgan fingerprint density at radius 2 is 2.12 bits per heavy atom. The standard InChI is InChI=1S/C12H12O4S/c1-15-9-4-3-7(10(13)12(14)16-2)8-5-6-17-11(8)9/h3-6,10,13H,1-2H3. The number of thiophene rings is 1. The third-order valence-corrected chi connectivity index (χ3v) is 3.48. The number of fused-ring (bicyclic) bond motifs is 1. The first kappa shape index (κ1) is 11.9. The lowest BCUT2D eigenvalue weighted by Crippen LogP contribution is -2.13. The predicted octanol–water partition coefficient (Wildman–Crippen LogP) is 2.12. The summed E-state index contributed by atoms with van der Waals surface area (Å²) in [6.07, 6.45) is -1.26. The summed E-state index contributed by atoms with van der Waals surface area (Å²) in [5, 5.41) is 12.6. The molecule has 0 saturated carbocycles. The van der Waals surface area contributed by atoms with Gasteiger partial charge < -0.3 is 14.6 Å². The van der Waals surface area contributed by atoms with Gasteiger partial charge in [0.25, 0.3) is 0 Å². The molecule has 1 aromatic heterocycles. The van der Waals surface area contributed by atoms with Gasteiger partial charge in [-0.15, -0.1) is 11.3 Å². The highest BCUT2D eigenvalue weighted by Crippen LogP contribution is 2.35. The van der Waals surface area contributed by atoms with Crippen LogP contribution in [0.5, 0.6) is 5.75 Å². The van der Waals surface area contributed by atoms with Crippen LogP contribution < -0.4 is 4.74 Å². The van der Waals surface area contributed by atoms with E-state index in [1.807, 2.05) is 11.4 Å². The maximum atomic E-state index is 11.3. The second-order valence-electron chi connectivity index (χ2n) is 3.45. The lowest BCUT2D eigenvalue weighted by Gasteiger charge is -2.11. The Morgan fingerprint density at radius 1 is 1.35 bits per heavy atom. The molecule has 1 atom stereocenters. The molecule has 90 valence electrons. The molecule has 0 bridgehead atoms. The maximum Gasteiger partial charge on any atom is 0.339 e. The van der Waals surface area contributed by atoms with Gasteiger partial charge in [0.1, 0.15) is 5.75 Å². The zero-order valence-corrected chi connectivity index (χ0v) is 10.3. The highest BCUT2D eigenvalue weighted by atomic mass is 32.1. The van der Waals surface area contributed by atoms with E-state index < -0.39 is 12.1 Å². The van der Waals surface area contributed by atoms with Crippen molar-refractivity contribution < 1.29 is 19.4 Å². The minimum absolute atomic E-state index is 0.536. The summed E-state index contributed by atoms with van der Waals surface area (Å²) >= 11 is 1.50. The summed E-state index contributed by atoms with van der Waals surface area (Å²) in [4.78, 5) is 11.3. The van der Waals surface area contributed by atoms with E-state index in [-0.39, 0.29) is 0 Å². The molecule has 1 aromatic carbocycles. The number of carbonyl (C=O) groups excluding carboxylic acids is 1. The van der Waals surface area contributed by atoms with E-state index in [2.05, 4.69) is 4.74 Å². The molecule has 2 aromatic rings. The molecular weight excluding hydrogens is 240 g/mol. The lowest BCUT2D eigenvalue weighted by molar-refractivity contribution is -0.150. The van der Waals surface area contributed by atoms with Gasteiger partial charge in [0.15, 0.2) is 6.10 Å². The van der Waals surface area contributed by atoms with Gasteiger partial charge >= 0.3 is 5.97 Å². The number of hydrogen-bond acceptors (Lipinski definition) is 5. The maximum absolute atomic E-state index is 11.3. The van der Waals surface area contributed by atoms with Crippen LogP contribution in [-0.2, 0) is 9.53 Å². The van der Waals surface area contributed by atoms with E-state index in [0.29, 0.717) is 5.56 Å². The molecule has 0 spiro atoms. The SMILES string of the molecule is COC(=O)C(O)c1ccc(OC)c2sccc12. The van der Waals surface area contributed by atoms with E-state index in [9.17, 15) is 9.90 Å². The quantitative estimate of drug-likeness (QED) is 0.850. The smallest absolute Gasteiger partial charge is 0.339 e. The Labute approximate surface area is 102 Å². The van der Waals surface area contributed by atoms with Crippen molar-refractivity contribution in [2.45, 2.75) is 6.10 Å². The van der Waals surface area contributed by atoms with Crippen LogP contribution in [0.4, 0.5) is 0 Å². The van der Waals surface area contributed by atoms with Crippen molar-refractivity contribution >= 4 is 27.4 Å². The Bertz CT molecular complexity index is 546. The van der Waals surface area contributed by atoms with Crippen LogP contribution in [-0.4, -0.2) is 25.3 Å². The van der Waals surface area contributed by atoms with Gasteiger partial charge in [-0.05, 0) is 17.5 Å². The first-order valence-corrected chi connectivity index (χ1v) is 5.87. The highest BCUT2D eigenvalue weighted by Gasteiger charge is 2.21. The molecule has 1 N–H and O–H groups in total. The van der Waals surface area contributed by atoms with Crippen LogP contribution in [0.15, 0.2) is 23.6 Å². The van der Waals surface area contributed by atoms with Gasteiger partial charge in [-0.1, -0.05) is 6.07 Å². The van der Waals surface area contributed by atoms with Crippen LogP contribution >= 0.6 is 11.3 Å². The Kier molecular flexibility index (Phi) is 3.31. The molecule has 1 unspecified atom stereocenters. The topological polar surface area (TPSA) is 55.8 Å². The first-order chi connectivity index (χ1) is 8.19. The average Bonchev–Trinajstić information content (AvgIpc) is 2.84. The van der Waals surface area contributed by atoms with Crippen LogP contribution in [0.3, 0.4) is 0 Å². The summed E-state index contributed by atoms with van der Waals surface area (Å²) < 4.78 is 10.7. The van der Waals surface area contributed by atoms with Gasteiger partial charge in [-0.25, -0.2) is 4.79 Å². The second-order valence-corrected chi connectivity index (χ2v) is 4.36. The van der Waals surface area contributed by atoms with Crippen LogP contribution in [0, 0.1) is 0 Å². The van der Waals surface area contributed by atoms with E-state index in [0.717, 1.165) is 15.8 Å². The third-order valence-electron chi connectivity index (χ3n) is 2.55. The van der Waals surface area contributed by atoms with Crippen LogP contribution in [0.1, 0.15) is 11.7 Å². The largest absolute Gasteiger partial charge is 0.495 e. The molecule has 4 nitrogen and oxygen atoms in total. The fourth-order valence-electron chi connectivity index (χ4n) is 1.70. The van der Waals surface area contributed by atoms with E-state index in [4.69, 9.17) is 4.74 Å². The van der Waals surface area contributed by atoms with Crippen molar-refractivity contribution in [3.05, 3.63) is 29.1 Å². The molecule has 5 heteroatoms. The average molecular weight is 252 g/mol. The summed E-state index contributed by atoms with van der Waals surface area (Å²) in [6, 6.07) is 5.26. The number of benzene rings is 1. The fourth-order valence-corrected chi connectivity index (χ4v) is 2.62. The van der Waals surface area contributed by atoms with Gasteiger partial charge in [0, 0.05) is 10.9 Å². The van der Waals surface area contributed by atoms with Crippen molar-refractivity contribution in [2.24, 2.45) is 0 Å². The fraction of sp³-hybridized carbons (Fsp3) is 0.250. The normalized spacial score (nSPS) is 12.4. The molecule has 1 heterocycles. The minimum Gasteiger partial charge on any atom is -0.495 e. The number of carbonyl (C=O) groups is 1. The Balaban J connectivity index is 2.56. The summed E-state index contributed by atoms with van der Waals surface area (Å²) in [6.45, 7) is 0. The molecular formula is C12H12O4S. The molecule has 0 radical (unpaired) electrons. The predicted molar refractivity (Wildman–Crippen MR) is 65.4 cm³/mol. The van der Waals surface area contributed by atoms with Gasteiger partial charge in [0.2, 0.25) is 0 Å². The lowest BCUT2D eigenvalue weighted by atomic mass is 10.0. The van der Waals surface area contributed by atoms with E-state index in [1.165, 1.54) is 18.4 Å². The number of ether oxygens (including phenoxy) is 2. The van der Waals surface area contributed by atoms with Crippen LogP contribution in [0.2, 0.25) is 0 Å². The molecule has 0 saturated heterocycles. The molecule has 0 aliphatic heterocycles. The zero-order chi connectivity index (χ0) is 12.4. The molecule has 17 heavy (non-hydrogen) atoms. The third kappa shape index (κ3) is 1.99. The van der Waals surface area contributed by atoms with Gasteiger partial charge in [0.05, 0.1) is 18.9 Å². The van der Waals surface area contributed by atoms with Crippen molar-refractivity contribution in [3.63, 3.8) is 0 Å². The molecule has 0 aliphatic carbocycles. The molecule has 0 aliphatic rings. The van der Waals surface area contributed by atoms with E-state index >= 15 is 0 Å². The number of rotatable bonds is 3. The number of aliphatic hydroxyl groups is 1. The van der Waals surface area contributed by atoms with E-state index in [1.54, 1.807) is 19.2 Å². The van der Waals surface area contributed by atoms with Crippen molar-refractivity contribution in [1.82, 2.24) is 0 Å². The molecule has 0 amide bonds. The first-order valence-electron chi connectivity index (χ1n) is 4.99. The Hall–Kier alpha value is -1.59. The summed E-state index contributed by atoms with van der Waals surface area (Å²) in [5.41, 5.74) is 0.536. The minimum atomic E-state index is -1.26. The van der Waals surface area contributed by atoms with Crippen molar-refractivity contribution in [1.29, 1.82) is 0 Å². The monoisotopic (exact) mass is 252 g/mol. The highest BCUT2D eigenvalue weighted by molar-refractivity contribution is 7.17. The number of aliphatic hydroxyl groups excluding tert-OH is 1. The summed E-state index contributed by atoms with van der Waals surface area (Å²) in [5.74, 6) is 0.0680. The van der Waals surface area contributed by atoms with Crippen molar-refractivity contribution in [3.8, 4) is 5.75 Å². The van der Waals surface area contributed by atoms with Crippen LogP contribution in [0.25, 0.3) is 10.1 Å². The van der Waals surface area contributed by atoms with Crippen molar-refractivity contribution in [2.75, 3.05) is 14.2 Å². The number of hydrogen-bond donors (Lipinski definition) is 1. The number of methoxy groups -OCH3 is 2. The van der Waals surface area contributed by atoms with Gasteiger partial charge in [-0.3, -0.25) is 0 Å². The van der Waals surface area contributed by atoms with Gasteiger partial charge in [-0.2, -0.15) is 0 Å². The molecule has 0 fully saturated rings.